The van der Waals surface area contributed by atoms with E-state index < -0.39 is 11.6 Å². The molecule has 0 bridgehead atoms. The lowest BCUT2D eigenvalue weighted by atomic mass is 10.3. The molecule has 3 aromatic rings. The van der Waals surface area contributed by atoms with Gasteiger partial charge in [0.05, 0.1) is 7.11 Å². The molecule has 1 heterocycles. The van der Waals surface area contributed by atoms with E-state index in [2.05, 4.69) is 15.3 Å². The number of benzene rings is 2. The van der Waals surface area contributed by atoms with Crippen LogP contribution in [0.2, 0.25) is 0 Å². The van der Waals surface area contributed by atoms with E-state index in [1.807, 2.05) is 0 Å². The van der Waals surface area contributed by atoms with Gasteiger partial charge in [0.25, 0.3) is 0 Å². The fourth-order valence-electron chi connectivity index (χ4n) is 2.08. The van der Waals surface area contributed by atoms with Crippen LogP contribution in [-0.4, -0.2) is 17.1 Å². The Labute approximate surface area is 142 Å². The molecule has 6 nitrogen and oxygen atoms in total. The fraction of sp³-hybridized carbons (Fsp3) is 0.0588. The number of nitrogens with zero attached hydrogens (tertiary/aromatic N) is 2. The Morgan fingerprint density at radius 3 is 2.48 bits per heavy atom. The van der Waals surface area contributed by atoms with Crippen LogP contribution in [-0.2, 0) is 0 Å². The van der Waals surface area contributed by atoms with Crippen molar-refractivity contribution in [2.24, 2.45) is 0 Å². The second kappa shape index (κ2) is 7.00. The zero-order valence-corrected chi connectivity index (χ0v) is 13.2. The van der Waals surface area contributed by atoms with Gasteiger partial charge in [-0.3, -0.25) is 0 Å². The summed E-state index contributed by atoms with van der Waals surface area (Å²) < 4.78 is 37.2. The number of nitrogen functional groups attached to an aromatic ring is 1. The molecule has 0 spiro atoms. The zero-order chi connectivity index (χ0) is 17.8. The second-order valence-electron chi connectivity index (χ2n) is 4.95. The van der Waals surface area contributed by atoms with Crippen molar-refractivity contribution in [1.82, 2.24) is 9.97 Å². The Balaban J connectivity index is 1.88. The quantitative estimate of drug-likeness (QED) is 0.731. The predicted octanol–water partition coefficient (Wildman–Crippen LogP) is 3.88. The lowest BCUT2D eigenvalue weighted by Gasteiger charge is -2.13. The highest BCUT2D eigenvalue weighted by atomic mass is 19.2. The number of methoxy groups -OCH3 is 1. The number of rotatable bonds is 5. The first-order chi connectivity index (χ1) is 12.1. The van der Waals surface area contributed by atoms with E-state index >= 15 is 0 Å². The second-order valence-corrected chi connectivity index (χ2v) is 4.95. The van der Waals surface area contributed by atoms with Crippen molar-refractivity contribution in [2.45, 2.75) is 0 Å². The van der Waals surface area contributed by atoms with E-state index in [1.165, 1.54) is 19.5 Å². The van der Waals surface area contributed by atoms with Gasteiger partial charge in [-0.25, -0.2) is 13.8 Å². The third-order valence-corrected chi connectivity index (χ3v) is 3.31. The summed E-state index contributed by atoms with van der Waals surface area (Å²) in [6.07, 6.45) is 1.24. The van der Waals surface area contributed by atoms with E-state index in [4.69, 9.17) is 15.2 Å². The lowest BCUT2D eigenvalue weighted by molar-refractivity contribution is 0.374. The van der Waals surface area contributed by atoms with Crippen LogP contribution in [0.1, 0.15) is 0 Å². The van der Waals surface area contributed by atoms with Crippen LogP contribution in [0.3, 0.4) is 0 Å². The first-order valence-corrected chi connectivity index (χ1v) is 7.22. The van der Waals surface area contributed by atoms with Crippen molar-refractivity contribution in [3.05, 3.63) is 60.4 Å². The fourth-order valence-corrected chi connectivity index (χ4v) is 2.08. The molecule has 128 valence electrons. The maximum atomic E-state index is 13.3. The molecule has 3 rings (SSSR count). The molecule has 0 fully saturated rings. The van der Waals surface area contributed by atoms with Crippen molar-refractivity contribution in [2.75, 3.05) is 18.2 Å². The smallest absolute Gasteiger partial charge is 0.248 e. The number of para-hydroxylation sites is 2. The van der Waals surface area contributed by atoms with Gasteiger partial charge in [-0.2, -0.15) is 4.98 Å². The maximum Gasteiger partial charge on any atom is 0.248 e. The van der Waals surface area contributed by atoms with Gasteiger partial charge in [-0.05, 0) is 24.3 Å². The minimum absolute atomic E-state index is 0.101. The summed E-state index contributed by atoms with van der Waals surface area (Å²) >= 11 is 0. The topological polar surface area (TPSA) is 82.3 Å². The van der Waals surface area contributed by atoms with Gasteiger partial charge in [0.15, 0.2) is 29.0 Å². The van der Waals surface area contributed by atoms with Crippen molar-refractivity contribution in [3.63, 3.8) is 0 Å². The van der Waals surface area contributed by atoms with Crippen LogP contribution in [0, 0.1) is 11.6 Å². The van der Waals surface area contributed by atoms with Crippen LogP contribution in [0.25, 0.3) is 0 Å². The Morgan fingerprint density at radius 1 is 1.00 bits per heavy atom. The van der Waals surface area contributed by atoms with Crippen LogP contribution < -0.4 is 20.5 Å². The molecule has 0 radical (unpaired) electrons. The number of hydrogen-bond donors (Lipinski definition) is 2. The molecule has 0 unspecified atom stereocenters. The Bertz CT molecular complexity index is 906. The summed E-state index contributed by atoms with van der Waals surface area (Å²) in [6.45, 7) is 0. The van der Waals surface area contributed by atoms with E-state index in [0.29, 0.717) is 11.5 Å². The monoisotopic (exact) mass is 344 g/mol. The van der Waals surface area contributed by atoms with Crippen molar-refractivity contribution >= 4 is 17.2 Å². The van der Waals surface area contributed by atoms with E-state index in [-0.39, 0.29) is 23.1 Å². The maximum absolute atomic E-state index is 13.3. The molecule has 0 atom stereocenters. The van der Waals surface area contributed by atoms with Gasteiger partial charge >= 0.3 is 0 Å². The first kappa shape index (κ1) is 16.4. The number of aromatic nitrogens is 2. The average Bonchev–Trinajstić information content (AvgIpc) is 2.62. The molecule has 0 aliphatic heterocycles. The molecule has 1 aromatic heterocycles. The van der Waals surface area contributed by atoms with Gasteiger partial charge in [-0.1, -0.05) is 12.1 Å². The zero-order valence-electron chi connectivity index (χ0n) is 13.2. The highest BCUT2D eigenvalue weighted by Gasteiger charge is 2.13. The number of nitrogens with two attached hydrogens (primary N) is 1. The molecule has 0 aliphatic rings. The molecule has 25 heavy (non-hydrogen) atoms. The number of anilines is 3. The van der Waals surface area contributed by atoms with Crippen LogP contribution >= 0.6 is 0 Å². The Kier molecular flexibility index (Phi) is 4.60. The molecule has 0 aliphatic carbocycles. The minimum Gasteiger partial charge on any atom is -0.493 e. The van der Waals surface area contributed by atoms with Crippen molar-refractivity contribution < 1.29 is 18.3 Å². The highest BCUT2D eigenvalue weighted by molar-refractivity contribution is 5.72. The van der Waals surface area contributed by atoms with E-state index in [0.717, 1.165) is 12.1 Å². The van der Waals surface area contributed by atoms with Gasteiger partial charge in [0, 0.05) is 11.8 Å². The molecular formula is C17H14F2N4O2. The number of hydrogen-bond acceptors (Lipinski definition) is 6. The standard InChI is InChI=1S/C17H14F2N4O2/c1-24-13-4-2-3-5-14(13)25-17-15(20)16(21-9-22-17)23-10-6-7-11(18)12(19)8-10/h2-9H,20H2,1H3,(H,21,22,23). The van der Waals surface area contributed by atoms with Gasteiger partial charge in [0.1, 0.15) is 12.0 Å². The summed E-state index contributed by atoms with van der Waals surface area (Å²) in [7, 11) is 1.52. The SMILES string of the molecule is COc1ccccc1Oc1ncnc(Nc2ccc(F)c(F)c2)c1N. The molecular weight excluding hydrogens is 330 g/mol. The summed E-state index contributed by atoms with van der Waals surface area (Å²) in [5.74, 6) is -0.690. The van der Waals surface area contributed by atoms with E-state index in [9.17, 15) is 8.78 Å². The summed E-state index contributed by atoms with van der Waals surface area (Å²) in [5, 5.41) is 2.80. The molecule has 0 saturated heterocycles. The largest absolute Gasteiger partial charge is 0.493 e. The third kappa shape index (κ3) is 3.57. The number of halogens is 2. The molecule has 0 amide bonds. The summed E-state index contributed by atoms with van der Waals surface area (Å²) in [4.78, 5) is 7.99. The third-order valence-electron chi connectivity index (χ3n) is 3.31. The predicted molar refractivity (Wildman–Crippen MR) is 89.2 cm³/mol. The van der Waals surface area contributed by atoms with Gasteiger partial charge in [-0.15, -0.1) is 0 Å². The van der Waals surface area contributed by atoms with Crippen LogP contribution in [0.5, 0.6) is 17.4 Å². The normalized spacial score (nSPS) is 10.4. The first-order valence-electron chi connectivity index (χ1n) is 7.22. The van der Waals surface area contributed by atoms with E-state index in [1.54, 1.807) is 24.3 Å². The molecule has 0 saturated carbocycles. The Hall–Kier alpha value is -3.42. The highest BCUT2D eigenvalue weighted by Crippen LogP contribution is 2.35. The van der Waals surface area contributed by atoms with Crippen molar-refractivity contribution in [3.8, 4) is 17.4 Å². The lowest BCUT2D eigenvalue weighted by Crippen LogP contribution is -2.04. The minimum atomic E-state index is -0.983. The average molecular weight is 344 g/mol. The molecule has 2 aromatic carbocycles. The Morgan fingerprint density at radius 2 is 1.76 bits per heavy atom. The number of nitrogens with one attached hydrogen (secondary N) is 1. The molecule has 8 heteroatoms. The summed E-state index contributed by atoms with van der Waals surface area (Å²) in [5.41, 5.74) is 6.41. The van der Waals surface area contributed by atoms with Gasteiger partial charge in [0.2, 0.25) is 5.88 Å². The number of ether oxygens (including phenoxy) is 2. The van der Waals surface area contributed by atoms with Crippen LogP contribution in [0.15, 0.2) is 48.8 Å². The summed E-state index contributed by atoms with van der Waals surface area (Å²) in [6, 6.07) is 10.4. The van der Waals surface area contributed by atoms with Gasteiger partial charge < -0.3 is 20.5 Å². The van der Waals surface area contributed by atoms with Crippen LogP contribution in [0.4, 0.5) is 26.0 Å². The van der Waals surface area contributed by atoms with Crippen molar-refractivity contribution in [1.29, 1.82) is 0 Å². The molecule has 3 N–H and O–H groups in total.